The number of rotatable bonds is 6. The van der Waals surface area contributed by atoms with Gasteiger partial charge in [-0.05, 0) is 43.7 Å². The summed E-state index contributed by atoms with van der Waals surface area (Å²) in [6.07, 6.45) is 1.41. The molecule has 0 radical (unpaired) electrons. The highest BCUT2D eigenvalue weighted by Gasteiger charge is 2.14. The highest BCUT2D eigenvalue weighted by atomic mass is 35.5. The fraction of sp³-hybridized carbons (Fsp3) is 0.190. The summed E-state index contributed by atoms with van der Waals surface area (Å²) in [6.45, 7) is 3.73. The number of nitriles is 2. The van der Waals surface area contributed by atoms with Gasteiger partial charge in [-0.15, -0.1) is 0 Å². The van der Waals surface area contributed by atoms with Gasteiger partial charge in [0.2, 0.25) is 0 Å². The van der Waals surface area contributed by atoms with Crippen molar-refractivity contribution in [3.63, 3.8) is 0 Å². The number of carbonyl (C=O) groups is 1. The molecule has 0 spiro atoms. The number of halogens is 2. The minimum Gasteiger partial charge on any atom is -0.486 e. The Morgan fingerprint density at radius 1 is 1.21 bits per heavy atom. The summed E-state index contributed by atoms with van der Waals surface area (Å²) in [5, 5.41) is 21.5. The topological polar surface area (TPSA) is 85.9 Å². The standard InChI is InChI=1S/C21H17Cl2N3O2/c1-13(2)26-21(27)17(11-25)7-14-8-18(22)20(19(23)9-14)28-12-16-6-4-3-5-15(16)10-24/h3-9,13H,12H2,1-2H3,(H,26,27)/b17-7-. The monoisotopic (exact) mass is 413 g/mol. The smallest absolute Gasteiger partial charge is 0.262 e. The van der Waals surface area contributed by atoms with Gasteiger partial charge in [0, 0.05) is 11.6 Å². The van der Waals surface area contributed by atoms with Crippen molar-refractivity contribution in [2.75, 3.05) is 0 Å². The zero-order valence-corrected chi connectivity index (χ0v) is 16.8. The zero-order chi connectivity index (χ0) is 20.7. The van der Waals surface area contributed by atoms with E-state index in [0.29, 0.717) is 16.7 Å². The first-order chi connectivity index (χ1) is 13.3. The van der Waals surface area contributed by atoms with E-state index in [2.05, 4.69) is 11.4 Å². The Kier molecular flexibility index (Phi) is 7.46. The van der Waals surface area contributed by atoms with E-state index in [9.17, 15) is 10.1 Å². The molecule has 5 nitrogen and oxygen atoms in total. The van der Waals surface area contributed by atoms with Gasteiger partial charge in [-0.1, -0.05) is 41.4 Å². The van der Waals surface area contributed by atoms with Gasteiger partial charge in [-0.2, -0.15) is 10.5 Å². The summed E-state index contributed by atoms with van der Waals surface area (Å²) >= 11 is 12.6. The Morgan fingerprint density at radius 2 is 1.86 bits per heavy atom. The molecule has 2 aromatic rings. The first-order valence-corrected chi connectivity index (χ1v) is 9.13. The van der Waals surface area contributed by atoms with Gasteiger partial charge in [0.25, 0.3) is 5.91 Å². The average molecular weight is 414 g/mol. The molecular weight excluding hydrogens is 397 g/mol. The maximum atomic E-state index is 12.0. The number of hydrogen-bond donors (Lipinski definition) is 1. The predicted octanol–water partition coefficient (Wildman–Crippen LogP) is 4.88. The van der Waals surface area contributed by atoms with Crippen LogP contribution in [-0.4, -0.2) is 11.9 Å². The second kappa shape index (κ2) is 9.80. The van der Waals surface area contributed by atoms with Crippen molar-refractivity contribution >= 4 is 35.2 Å². The third-order valence-electron chi connectivity index (χ3n) is 3.63. The molecule has 0 aliphatic heterocycles. The normalized spacial score (nSPS) is 10.9. The summed E-state index contributed by atoms with van der Waals surface area (Å²) in [7, 11) is 0. The first-order valence-electron chi connectivity index (χ1n) is 8.38. The average Bonchev–Trinajstić information content (AvgIpc) is 2.65. The Morgan fingerprint density at radius 3 is 2.43 bits per heavy atom. The third kappa shape index (κ3) is 5.50. The number of nitrogens with zero attached hydrogens (tertiary/aromatic N) is 2. The Bertz CT molecular complexity index is 978. The summed E-state index contributed by atoms with van der Waals surface area (Å²) in [5.41, 5.74) is 1.65. The second-order valence-corrected chi connectivity index (χ2v) is 6.98. The van der Waals surface area contributed by atoms with Gasteiger partial charge in [-0.25, -0.2) is 0 Å². The minimum absolute atomic E-state index is 0.0579. The maximum absolute atomic E-state index is 12.0. The van der Waals surface area contributed by atoms with Crippen molar-refractivity contribution in [3.05, 3.63) is 68.7 Å². The number of nitrogens with one attached hydrogen (secondary N) is 1. The highest BCUT2D eigenvalue weighted by molar-refractivity contribution is 6.37. The van der Waals surface area contributed by atoms with Crippen LogP contribution in [0, 0.1) is 22.7 Å². The van der Waals surface area contributed by atoms with Gasteiger partial charge in [0.05, 0.1) is 21.7 Å². The fourth-order valence-electron chi connectivity index (χ4n) is 2.36. The molecular formula is C21H17Cl2N3O2. The molecule has 142 valence electrons. The summed E-state index contributed by atoms with van der Waals surface area (Å²) in [6, 6.07) is 14.0. The molecule has 2 aromatic carbocycles. The fourth-order valence-corrected chi connectivity index (χ4v) is 2.97. The van der Waals surface area contributed by atoms with E-state index in [1.165, 1.54) is 6.08 Å². The van der Waals surface area contributed by atoms with Crippen LogP contribution in [0.3, 0.4) is 0 Å². The highest BCUT2D eigenvalue weighted by Crippen LogP contribution is 2.35. The molecule has 0 atom stereocenters. The van der Waals surface area contributed by atoms with E-state index in [1.54, 1.807) is 44.2 Å². The second-order valence-electron chi connectivity index (χ2n) is 6.17. The van der Waals surface area contributed by atoms with Crippen molar-refractivity contribution in [2.45, 2.75) is 26.5 Å². The van der Waals surface area contributed by atoms with Crippen LogP contribution in [-0.2, 0) is 11.4 Å². The number of amides is 1. The van der Waals surface area contributed by atoms with Crippen molar-refractivity contribution in [1.82, 2.24) is 5.32 Å². The Hall–Kier alpha value is -2.99. The third-order valence-corrected chi connectivity index (χ3v) is 4.19. The lowest BCUT2D eigenvalue weighted by Gasteiger charge is -2.12. The lowest BCUT2D eigenvalue weighted by atomic mass is 10.1. The van der Waals surface area contributed by atoms with E-state index in [-0.39, 0.29) is 34.0 Å². The molecule has 0 fully saturated rings. The quantitative estimate of drug-likeness (QED) is 0.540. The number of hydrogen-bond acceptors (Lipinski definition) is 4. The predicted molar refractivity (Wildman–Crippen MR) is 109 cm³/mol. The lowest BCUT2D eigenvalue weighted by Crippen LogP contribution is -2.30. The molecule has 0 saturated carbocycles. The largest absolute Gasteiger partial charge is 0.486 e. The van der Waals surface area contributed by atoms with Crippen LogP contribution in [0.1, 0.15) is 30.5 Å². The van der Waals surface area contributed by atoms with E-state index in [0.717, 1.165) is 0 Å². The molecule has 0 aliphatic rings. The van der Waals surface area contributed by atoms with Gasteiger partial charge in [0.15, 0.2) is 5.75 Å². The lowest BCUT2D eigenvalue weighted by molar-refractivity contribution is -0.117. The number of carbonyl (C=O) groups excluding carboxylic acids is 1. The van der Waals surface area contributed by atoms with Crippen LogP contribution in [0.25, 0.3) is 6.08 Å². The van der Waals surface area contributed by atoms with Gasteiger partial charge < -0.3 is 10.1 Å². The van der Waals surface area contributed by atoms with Gasteiger partial charge in [-0.3, -0.25) is 4.79 Å². The van der Waals surface area contributed by atoms with Crippen molar-refractivity contribution in [3.8, 4) is 17.9 Å². The molecule has 2 rings (SSSR count). The first kappa shape index (κ1) is 21.3. The maximum Gasteiger partial charge on any atom is 0.262 e. The molecule has 0 bridgehead atoms. The van der Waals surface area contributed by atoms with E-state index < -0.39 is 5.91 Å². The number of ether oxygens (including phenoxy) is 1. The van der Waals surface area contributed by atoms with Crippen LogP contribution in [0.15, 0.2) is 42.0 Å². The van der Waals surface area contributed by atoms with Gasteiger partial charge >= 0.3 is 0 Å². The molecule has 0 unspecified atom stereocenters. The summed E-state index contributed by atoms with van der Waals surface area (Å²) < 4.78 is 5.70. The molecule has 28 heavy (non-hydrogen) atoms. The zero-order valence-electron chi connectivity index (χ0n) is 15.3. The molecule has 0 aliphatic carbocycles. The van der Waals surface area contributed by atoms with E-state index in [4.69, 9.17) is 33.2 Å². The SMILES string of the molecule is CC(C)NC(=O)/C(C#N)=C\c1cc(Cl)c(OCc2ccccc2C#N)c(Cl)c1. The number of benzene rings is 2. The molecule has 0 saturated heterocycles. The van der Waals surface area contributed by atoms with Crippen LogP contribution in [0.2, 0.25) is 10.0 Å². The van der Waals surface area contributed by atoms with Crippen molar-refractivity contribution in [1.29, 1.82) is 10.5 Å². The Labute approximate surface area is 173 Å². The molecule has 1 amide bonds. The van der Waals surface area contributed by atoms with Gasteiger partial charge in [0.1, 0.15) is 18.2 Å². The molecule has 1 N–H and O–H groups in total. The van der Waals surface area contributed by atoms with Crippen molar-refractivity contribution < 1.29 is 9.53 Å². The summed E-state index contributed by atoms with van der Waals surface area (Å²) in [4.78, 5) is 12.0. The van der Waals surface area contributed by atoms with Crippen LogP contribution in [0.5, 0.6) is 5.75 Å². The molecule has 7 heteroatoms. The Balaban J connectivity index is 2.25. The molecule has 0 aromatic heterocycles. The molecule has 0 heterocycles. The summed E-state index contributed by atoms with van der Waals surface area (Å²) in [5.74, 6) is -0.212. The van der Waals surface area contributed by atoms with Crippen LogP contribution >= 0.6 is 23.2 Å². The van der Waals surface area contributed by atoms with Crippen LogP contribution in [0.4, 0.5) is 0 Å². The minimum atomic E-state index is -0.474. The van der Waals surface area contributed by atoms with E-state index >= 15 is 0 Å². The van der Waals surface area contributed by atoms with Crippen molar-refractivity contribution in [2.24, 2.45) is 0 Å². The van der Waals surface area contributed by atoms with Crippen LogP contribution < -0.4 is 10.1 Å². The van der Waals surface area contributed by atoms with E-state index in [1.807, 2.05) is 12.1 Å².